The average molecular weight is 626 g/mol. The first-order chi connectivity index (χ1) is 20.2. The molecule has 1 aromatic heterocycles. The van der Waals surface area contributed by atoms with Crippen LogP contribution in [0.1, 0.15) is 50.5 Å². The number of carbonyl (C=O) groups excluding carboxylic acids is 3. The molecule has 2 aromatic carbocycles. The molecule has 4 rings (SSSR count). The summed E-state index contributed by atoms with van der Waals surface area (Å²) in [6, 6.07) is 6.04. The van der Waals surface area contributed by atoms with Crippen molar-refractivity contribution in [2.75, 3.05) is 19.7 Å². The smallest absolute Gasteiger partial charge is 0.308 e. The quantitative estimate of drug-likeness (QED) is 0.206. The van der Waals surface area contributed by atoms with Crippen LogP contribution in [0.15, 0.2) is 30.3 Å². The number of nitrogens with zero attached hydrogens (tertiary/aromatic N) is 2. The van der Waals surface area contributed by atoms with Crippen molar-refractivity contribution in [3.05, 3.63) is 59.3 Å². The molecule has 2 atom stereocenters. The van der Waals surface area contributed by atoms with Gasteiger partial charge in [-0.2, -0.15) is 13.2 Å². The largest absolute Gasteiger partial charge is 0.485 e. The van der Waals surface area contributed by atoms with Crippen molar-refractivity contribution >= 4 is 39.4 Å². The Labute approximate surface area is 248 Å². The average Bonchev–Trinajstić information content (AvgIpc) is 3.38. The van der Waals surface area contributed by atoms with Crippen molar-refractivity contribution in [3.8, 4) is 5.75 Å². The lowest BCUT2D eigenvalue weighted by Crippen LogP contribution is -2.51. The van der Waals surface area contributed by atoms with E-state index in [4.69, 9.17) is 9.47 Å². The van der Waals surface area contributed by atoms with Crippen LogP contribution in [0.25, 0.3) is 10.1 Å². The molecule has 1 saturated heterocycles. The number of esters is 1. The first-order valence-electron chi connectivity index (χ1n) is 13.5. The summed E-state index contributed by atoms with van der Waals surface area (Å²) in [5, 5.41) is 14.1. The number of amides is 2. The van der Waals surface area contributed by atoms with Gasteiger partial charge < -0.3 is 24.8 Å². The summed E-state index contributed by atoms with van der Waals surface area (Å²) in [7, 11) is 0. The summed E-state index contributed by atoms with van der Waals surface area (Å²) in [6.45, 7) is 4.45. The van der Waals surface area contributed by atoms with E-state index in [1.54, 1.807) is 25.7 Å². The number of aliphatic hydroxyl groups excluding tert-OH is 1. The molecule has 14 heteroatoms. The van der Waals surface area contributed by atoms with Gasteiger partial charge in [-0.1, -0.05) is 18.2 Å². The third-order valence-corrected chi connectivity index (χ3v) is 7.63. The molecule has 2 amide bonds. The molecule has 9 nitrogen and oxygen atoms in total. The fraction of sp³-hybridized carbons (Fsp3) is 0.448. The number of aliphatic hydroxyl groups is 1. The van der Waals surface area contributed by atoms with E-state index in [0.29, 0.717) is 5.69 Å². The summed E-state index contributed by atoms with van der Waals surface area (Å²) in [5.74, 6) is -10.5. The highest BCUT2D eigenvalue weighted by Crippen LogP contribution is 2.28. The molecule has 1 unspecified atom stereocenters. The second kappa shape index (κ2) is 13.2. The number of hydrogen-bond donors (Lipinski definition) is 2. The van der Waals surface area contributed by atoms with Gasteiger partial charge in [-0.25, -0.2) is 8.78 Å². The van der Waals surface area contributed by atoms with Crippen molar-refractivity contribution in [1.82, 2.24) is 14.6 Å². The molecular weight excluding hydrogens is 594 g/mol. The predicted molar refractivity (Wildman–Crippen MR) is 148 cm³/mol. The Morgan fingerprint density at radius 2 is 1.72 bits per heavy atom. The first kappa shape index (κ1) is 32.1. The Kier molecular flexibility index (Phi) is 9.90. The summed E-state index contributed by atoms with van der Waals surface area (Å²) in [5.41, 5.74) is -0.546. The van der Waals surface area contributed by atoms with Gasteiger partial charge in [-0.15, -0.1) is 0 Å². The van der Waals surface area contributed by atoms with E-state index in [2.05, 4.69) is 9.69 Å². The number of ether oxygens (including phenoxy) is 2. The Morgan fingerprint density at radius 1 is 1.09 bits per heavy atom. The number of nitrogens with one attached hydrogen (secondary N) is 1. The van der Waals surface area contributed by atoms with Crippen LogP contribution in [-0.4, -0.2) is 69.6 Å². The Morgan fingerprint density at radius 3 is 2.35 bits per heavy atom. The number of rotatable bonds is 9. The third kappa shape index (κ3) is 7.79. The lowest BCUT2D eigenvalue weighted by molar-refractivity contribution is -0.156. The molecule has 2 N–H and O–H groups in total. The summed E-state index contributed by atoms with van der Waals surface area (Å²) in [6.07, 6.45) is -1.71. The van der Waals surface area contributed by atoms with E-state index in [-0.39, 0.29) is 37.9 Å². The van der Waals surface area contributed by atoms with Gasteiger partial charge in [-0.3, -0.25) is 14.4 Å². The lowest BCUT2D eigenvalue weighted by atomic mass is 9.94. The van der Waals surface area contributed by atoms with Crippen LogP contribution in [0, 0.1) is 29.2 Å². The zero-order valence-corrected chi connectivity index (χ0v) is 24.5. The van der Waals surface area contributed by atoms with Crippen molar-refractivity contribution in [2.24, 2.45) is 5.92 Å². The first-order valence-corrected chi connectivity index (χ1v) is 14.3. The van der Waals surface area contributed by atoms with Crippen LogP contribution in [-0.2, 0) is 14.3 Å². The lowest BCUT2D eigenvalue weighted by Gasteiger charge is -2.32. The molecule has 1 fully saturated rings. The maximum atomic E-state index is 14.0. The van der Waals surface area contributed by atoms with Crippen LogP contribution in [0.2, 0.25) is 0 Å². The second-order valence-corrected chi connectivity index (χ2v) is 12.0. The number of benzene rings is 2. The van der Waals surface area contributed by atoms with Crippen LogP contribution in [0.4, 0.5) is 17.6 Å². The van der Waals surface area contributed by atoms with Gasteiger partial charge in [0.05, 0.1) is 17.2 Å². The maximum Gasteiger partial charge on any atom is 0.308 e. The minimum absolute atomic E-state index is 0.0113. The molecule has 0 saturated carbocycles. The van der Waals surface area contributed by atoms with Crippen LogP contribution in [0.5, 0.6) is 5.75 Å². The van der Waals surface area contributed by atoms with Gasteiger partial charge >= 0.3 is 5.97 Å². The van der Waals surface area contributed by atoms with E-state index in [0.717, 1.165) is 10.1 Å². The number of likely N-dealkylation sites (tertiary alicyclic amines) is 1. The minimum Gasteiger partial charge on any atom is -0.485 e. The molecule has 0 radical (unpaired) electrons. The molecule has 2 heterocycles. The van der Waals surface area contributed by atoms with Crippen LogP contribution >= 0.6 is 11.5 Å². The highest BCUT2D eigenvalue weighted by atomic mass is 32.1. The van der Waals surface area contributed by atoms with Crippen molar-refractivity contribution in [3.63, 3.8) is 0 Å². The van der Waals surface area contributed by atoms with Gasteiger partial charge in [0.15, 0.2) is 17.4 Å². The van der Waals surface area contributed by atoms with E-state index in [9.17, 15) is 37.1 Å². The molecule has 1 aliphatic rings. The predicted octanol–water partition coefficient (Wildman–Crippen LogP) is 4.36. The zero-order chi connectivity index (χ0) is 31.5. The van der Waals surface area contributed by atoms with Crippen molar-refractivity contribution in [1.29, 1.82) is 0 Å². The van der Waals surface area contributed by atoms with E-state index >= 15 is 0 Å². The Hall–Kier alpha value is -3.78. The molecule has 0 bridgehead atoms. The number of hydrogen-bond acceptors (Lipinski definition) is 8. The van der Waals surface area contributed by atoms with Crippen molar-refractivity contribution in [2.45, 2.75) is 57.8 Å². The van der Waals surface area contributed by atoms with Gasteiger partial charge in [-0.05, 0) is 51.2 Å². The van der Waals surface area contributed by atoms with E-state index in [1.807, 2.05) is 24.3 Å². The summed E-state index contributed by atoms with van der Waals surface area (Å²) in [4.78, 5) is 40.4. The van der Waals surface area contributed by atoms with Gasteiger partial charge in [0, 0.05) is 30.5 Å². The second-order valence-electron chi connectivity index (χ2n) is 11.2. The Balaban J connectivity index is 1.41. The Bertz CT molecular complexity index is 1480. The van der Waals surface area contributed by atoms with Gasteiger partial charge in [0.25, 0.3) is 5.91 Å². The highest BCUT2D eigenvalue weighted by molar-refractivity contribution is 7.13. The fourth-order valence-corrected chi connectivity index (χ4v) is 5.41. The number of carbonyl (C=O) groups is 3. The zero-order valence-electron chi connectivity index (χ0n) is 23.7. The standard InChI is InChI=1S/C29H31F4N3O6S/c1-29(2,3)42-22(38)13-19(20(37)14-41-26-23(32)17(30)12-18(31)24(26)33)34-27(39)15-8-10-36(11-9-15)28(40)25-16-6-4-5-7-21(16)43-35-25/h4-7,12,15,19-20,37H,8-11,13-14H2,1-3H3,(H,34,39)/t19-,20?/m0/s1. The summed E-state index contributed by atoms with van der Waals surface area (Å²) >= 11 is 1.22. The molecule has 3 aromatic rings. The minimum atomic E-state index is -1.80. The SMILES string of the molecule is CC(C)(C)OC(=O)C[C@H](NC(=O)C1CCN(C(=O)c2nsc3ccccc23)CC1)C(O)COc1c(F)c(F)cc(F)c1F. The highest BCUT2D eigenvalue weighted by Gasteiger charge is 2.34. The monoisotopic (exact) mass is 625 g/mol. The number of fused-ring (bicyclic) bond motifs is 1. The fourth-order valence-electron chi connectivity index (χ4n) is 4.64. The third-order valence-electron chi connectivity index (χ3n) is 6.80. The van der Waals surface area contributed by atoms with E-state index in [1.165, 1.54) is 11.5 Å². The van der Waals surface area contributed by atoms with Gasteiger partial charge in [0.1, 0.15) is 24.0 Å². The normalized spacial score (nSPS) is 15.7. The molecule has 43 heavy (non-hydrogen) atoms. The van der Waals surface area contributed by atoms with Crippen molar-refractivity contribution < 1.29 is 46.5 Å². The summed E-state index contributed by atoms with van der Waals surface area (Å²) < 4.78 is 70.5. The number of piperidine rings is 1. The van der Waals surface area contributed by atoms with Crippen LogP contribution in [0.3, 0.4) is 0 Å². The molecule has 0 aliphatic carbocycles. The topological polar surface area (TPSA) is 118 Å². The molecule has 232 valence electrons. The number of halogens is 4. The molecule has 0 spiro atoms. The molecule has 1 aliphatic heterocycles. The van der Waals surface area contributed by atoms with Crippen LogP contribution < -0.4 is 10.1 Å². The number of aromatic nitrogens is 1. The molecular formula is C29H31F4N3O6S. The van der Waals surface area contributed by atoms with Gasteiger partial charge in [0.2, 0.25) is 17.5 Å². The van der Waals surface area contributed by atoms with E-state index < -0.39 is 77.6 Å². The maximum absolute atomic E-state index is 14.0.